The molecule has 2 aliphatic heterocycles. The van der Waals surface area contributed by atoms with Crippen molar-refractivity contribution >= 4 is 23.2 Å². The molecule has 0 saturated carbocycles. The number of piperidine rings is 1. The van der Waals surface area contributed by atoms with E-state index >= 15 is 0 Å². The summed E-state index contributed by atoms with van der Waals surface area (Å²) >= 11 is 0. The van der Waals surface area contributed by atoms with Crippen molar-refractivity contribution in [3.05, 3.63) is 54.3 Å². The molecule has 8 heteroatoms. The number of benzene rings is 2. The third-order valence-corrected chi connectivity index (χ3v) is 5.89. The number of guanidine groups is 1. The number of nitrogens with one attached hydrogen (secondary N) is 2. The molecule has 2 aromatic rings. The van der Waals surface area contributed by atoms with E-state index in [4.69, 9.17) is 4.74 Å². The van der Waals surface area contributed by atoms with E-state index in [-0.39, 0.29) is 18.3 Å². The SMILES string of the molecule is CN=C(NCCCN1C(=O)COc2ccccc21)NC1CCN(c2cccc(F)c2)CC1. The molecule has 0 aliphatic carbocycles. The molecular weight excluding hydrogens is 409 g/mol. The van der Waals surface area contributed by atoms with Gasteiger partial charge >= 0.3 is 0 Å². The lowest BCUT2D eigenvalue weighted by molar-refractivity contribution is -0.121. The molecular formula is C24H30FN5O2. The number of hydrogen-bond donors (Lipinski definition) is 2. The first-order chi connectivity index (χ1) is 15.6. The maximum absolute atomic E-state index is 13.5. The topological polar surface area (TPSA) is 69.2 Å². The number of aliphatic imine (C=N–C) groups is 1. The number of anilines is 2. The van der Waals surface area contributed by atoms with Crippen LogP contribution in [0.1, 0.15) is 19.3 Å². The van der Waals surface area contributed by atoms with Crippen LogP contribution < -0.4 is 25.2 Å². The number of hydrogen-bond acceptors (Lipinski definition) is 4. The van der Waals surface area contributed by atoms with Gasteiger partial charge in [-0.3, -0.25) is 9.79 Å². The molecule has 1 amide bonds. The van der Waals surface area contributed by atoms with Crippen molar-refractivity contribution in [2.24, 2.45) is 4.99 Å². The van der Waals surface area contributed by atoms with Crippen molar-refractivity contribution in [3.8, 4) is 5.75 Å². The van der Waals surface area contributed by atoms with Crippen LogP contribution in [-0.4, -0.2) is 57.7 Å². The highest BCUT2D eigenvalue weighted by Crippen LogP contribution is 2.31. The highest BCUT2D eigenvalue weighted by atomic mass is 19.1. The summed E-state index contributed by atoms with van der Waals surface area (Å²) in [4.78, 5) is 20.6. The summed E-state index contributed by atoms with van der Waals surface area (Å²) in [6.45, 7) is 3.15. The van der Waals surface area contributed by atoms with Gasteiger partial charge in [0.2, 0.25) is 0 Å². The summed E-state index contributed by atoms with van der Waals surface area (Å²) in [6.07, 6.45) is 2.70. The van der Waals surface area contributed by atoms with Gasteiger partial charge in [0.15, 0.2) is 12.6 Å². The maximum Gasteiger partial charge on any atom is 0.265 e. The number of ether oxygens (including phenoxy) is 1. The molecule has 0 spiro atoms. The van der Waals surface area contributed by atoms with Gasteiger partial charge in [0, 0.05) is 45.0 Å². The van der Waals surface area contributed by atoms with E-state index in [1.165, 1.54) is 6.07 Å². The number of nitrogens with zero attached hydrogens (tertiary/aromatic N) is 3. The predicted octanol–water partition coefficient (Wildman–Crippen LogP) is 2.78. The van der Waals surface area contributed by atoms with Crippen molar-refractivity contribution in [1.29, 1.82) is 0 Å². The Morgan fingerprint density at radius 1 is 1.19 bits per heavy atom. The second-order valence-electron chi connectivity index (χ2n) is 8.04. The summed E-state index contributed by atoms with van der Waals surface area (Å²) in [5.41, 5.74) is 1.77. The fourth-order valence-corrected chi connectivity index (χ4v) is 4.19. The van der Waals surface area contributed by atoms with Gasteiger partial charge in [0.05, 0.1) is 5.69 Å². The Balaban J connectivity index is 1.20. The van der Waals surface area contributed by atoms with Crippen LogP contribution >= 0.6 is 0 Å². The first kappa shape index (κ1) is 21.9. The molecule has 7 nitrogen and oxygen atoms in total. The van der Waals surface area contributed by atoms with Gasteiger partial charge in [-0.25, -0.2) is 4.39 Å². The minimum Gasteiger partial charge on any atom is -0.482 e. The molecule has 0 radical (unpaired) electrons. The summed E-state index contributed by atoms with van der Waals surface area (Å²) in [7, 11) is 1.76. The van der Waals surface area contributed by atoms with E-state index in [1.54, 1.807) is 24.1 Å². The molecule has 2 aromatic carbocycles. The van der Waals surface area contributed by atoms with Crippen molar-refractivity contribution in [1.82, 2.24) is 10.6 Å². The molecule has 4 rings (SSSR count). The van der Waals surface area contributed by atoms with Gasteiger partial charge in [-0.15, -0.1) is 0 Å². The molecule has 1 fully saturated rings. The van der Waals surface area contributed by atoms with Crippen LogP contribution in [0.25, 0.3) is 0 Å². The van der Waals surface area contributed by atoms with Crippen molar-refractivity contribution in [2.75, 3.05) is 49.6 Å². The molecule has 0 atom stereocenters. The lowest BCUT2D eigenvalue weighted by Gasteiger charge is -2.34. The van der Waals surface area contributed by atoms with Crippen LogP contribution in [0.3, 0.4) is 0 Å². The minimum absolute atomic E-state index is 0.0173. The van der Waals surface area contributed by atoms with E-state index in [0.29, 0.717) is 19.1 Å². The molecule has 2 aliphatic rings. The van der Waals surface area contributed by atoms with Crippen molar-refractivity contribution in [2.45, 2.75) is 25.3 Å². The zero-order valence-corrected chi connectivity index (χ0v) is 18.4. The number of para-hydroxylation sites is 2. The quantitative estimate of drug-likeness (QED) is 0.412. The van der Waals surface area contributed by atoms with E-state index in [9.17, 15) is 9.18 Å². The average molecular weight is 440 g/mol. The lowest BCUT2D eigenvalue weighted by atomic mass is 10.0. The molecule has 170 valence electrons. The second kappa shape index (κ2) is 10.3. The van der Waals surface area contributed by atoms with Gasteiger partial charge in [-0.1, -0.05) is 18.2 Å². The molecule has 1 saturated heterocycles. The monoisotopic (exact) mass is 439 g/mol. The normalized spacial score (nSPS) is 17.1. The summed E-state index contributed by atoms with van der Waals surface area (Å²) in [6, 6.07) is 14.7. The molecule has 0 bridgehead atoms. The Bertz CT molecular complexity index is 959. The van der Waals surface area contributed by atoms with Crippen molar-refractivity contribution in [3.63, 3.8) is 0 Å². The van der Waals surface area contributed by atoms with Gasteiger partial charge in [0.1, 0.15) is 11.6 Å². The molecule has 2 heterocycles. The number of fused-ring (bicyclic) bond motifs is 1. The van der Waals surface area contributed by atoms with Crippen LogP contribution in [0.15, 0.2) is 53.5 Å². The van der Waals surface area contributed by atoms with Gasteiger partial charge in [-0.05, 0) is 49.6 Å². The highest BCUT2D eigenvalue weighted by molar-refractivity contribution is 5.97. The lowest BCUT2D eigenvalue weighted by Crippen LogP contribution is -2.49. The zero-order valence-electron chi connectivity index (χ0n) is 18.4. The second-order valence-corrected chi connectivity index (χ2v) is 8.04. The summed E-state index contributed by atoms with van der Waals surface area (Å²) < 4.78 is 19.0. The van der Waals surface area contributed by atoms with Gasteiger partial charge < -0.3 is 25.2 Å². The number of halogens is 1. The first-order valence-electron chi connectivity index (χ1n) is 11.1. The molecule has 0 aromatic heterocycles. The van der Waals surface area contributed by atoms with E-state index in [2.05, 4.69) is 20.5 Å². The predicted molar refractivity (Wildman–Crippen MR) is 125 cm³/mol. The Morgan fingerprint density at radius 3 is 2.78 bits per heavy atom. The van der Waals surface area contributed by atoms with E-state index < -0.39 is 0 Å². The standard InChI is InChI=1S/C24H30FN5O2/c1-26-24(28-19-10-14-29(15-11-19)20-7-4-6-18(25)16-20)27-12-5-13-30-21-8-2-3-9-22(21)32-17-23(30)31/h2-4,6-9,16,19H,5,10-15,17H2,1H3,(H2,26,27,28). The fraction of sp³-hybridized carbons (Fsp3) is 0.417. The van der Waals surface area contributed by atoms with Gasteiger partial charge in [-0.2, -0.15) is 0 Å². The Morgan fingerprint density at radius 2 is 2.00 bits per heavy atom. The van der Waals surface area contributed by atoms with E-state index in [1.807, 2.05) is 30.3 Å². The highest BCUT2D eigenvalue weighted by Gasteiger charge is 2.24. The van der Waals surface area contributed by atoms with Crippen molar-refractivity contribution < 1.29 is 13.9 Å². The van der Waals surface area contributed by atoms with E-state index in [0.717, 1.165) is 55.4 Å². The third-order valence-electron chi connectivity index (χ3n) is 5.89. The number of amides is 1. The number of carbonyl (C=O) groups is 1. The Kier molecular flexibility index (Phi) is 7.09. The fourth-order valence-electron chi connectivity index (χ4n) is 4.19. The number of rotatable bonds is 6. The Labute approximate surface area is 188 Å². The summed E-state index contributed by atoms with van der Waals surface area (Å²) in [5, 5.41) is 6.84. The van der Waals surface area contributed by atoms with Gasteiger partial charge in [0.25, 0.3) is 5.91 Å². The molecule has 2 N–H and O–H groups in total. The smallest absolute Gasteiger partial charge is 0.265 e. The number of carbonyl (C=O) groups excluding carboxylic acids is 1. The van der Waals surface area contributed by atoms with Crippen LogP contribution in [-0.2, 0) is 4.79 Å². The minimum atomic E-state index is -0.199. The molecule has 32 heavy (non-hydrogen) atoms. The maximum atomic E-state index is 13.5. The van der Waals surface area contributed by atoms with Crippen LogP contribution in [0, 0.1) is 5.82 Å². The Hall–Kier alpha value is -3.29. The zero-order chi connectivity index (χ0) is 22.3. The average Bonchev–Trinajstić information content (AvgIpc) is 2.82. The largest absolute Gasteiger partial charge is 0.482 e. The molecule has 0 unspecified atom stereocenters. The van der Waals surface area contributed by atoms with Crippen LogP contribution in [0.5, 0.6) is 5.75 Å². The third kappa shape index (κ3) is 5.30. The van der Waals surface area contributed by atoms with Crippen LogP contribution in [0.4, 0.5) is 15.8 Å². The first-order valence-corrected chi connectivity index (χ1v) is 11.1. The van der Waals surface area contributed by atoms with Crippen LogP contribution in [0.2, 0.25) is 0 Å². The summed E-state index contributed by atoms with van der Waals surface area (Å²) in [5.74, 6) is 1.30.